The van der Waals surface area contributed by atoms with E-state index in [1.54, 1.807) is 18.3 Å². The SMILES string of the molecule is NC1=N[C@@]2(CCO1)c1cc(CC(=O)c3ccc(Cl)cn3)ccc1Oc1ncc(Br)cc12. The van der Waals surface area contributed by atoms with Gasteiger partial charge < -0.3 is 15.2 Å². The van der Waals surface area contributed by atoms with Gasteiger partial charge in [-0.25, -0.2) is 9.98 Å². The lowest BCUT2D eigenvalue weighted by Crippen LogP contribution is -2.38. The number of hydrogen-bond acceptors (Lipinski definition) is 7. The second-order valence-corrected chi connectivity index (χ2v) is 8.66. The Balaban J connectivity index is 1.58. The molecule has 5 rings (SSSR count). The van der Waals surface area contributed by atoms with E-state index in [4.69, 9.17) is 31.8 Å². The molecule has 0 bridgehead atoms. The molecule has 1 atom stereocenters. The molecule has 1 aromatic carbocycles. The first-order valence-electron chi connectivity index (χ1n) is 9.55. The van der Waals surface area contributed by atoms with Crippen LogP contribution in [-0.2, 0) is 16.7 Å². The van der Waals surface area contributed by atoms with Crippen molar-refractivity contribution in [2.24, 2.45) is 10.7 Å². The van der Waals surface area contributed by atoms with Crippen LogP contribution in [0.15, 0.2) is 58.3 Å². The number of ether oxygens (including phenoxy) is 2. The van der Waals surface area contributed by atoms with Crippen LogP contribution in [0.1, 0.15) is 33.6 Å². The second kappa shape index (κ2) is 7.62. The number of aromatic nitrogens is 2. The molecule has 0 saturated carbocycles. The van der Waals surface area contributed by atoms with Crippen molar-refractivity contribution in [3.05, 3.63) is 80.7 Å². The molecule has 2 aromatic heterocycles. The Bertz CT molecular complexity index is 1230. The first kappa shape index (κ1) is 20.0. The van der Waals surface area contributed by atoms with E-state index in [-0.39, 0.29) is 18.2 Å². The molecule has 0 amide bonds. The molecule has 156 valence electrons. The van der Waals surface area contributed by atoms with Gasteiger partial charge in [0.1, 0.15) is 17.0 Å². The number of nitrogens with two attached hydrogens (primary N) is 1. The van der Waals surface area contributed by atoms with Crippen LogP contribution in [0.5, 0.6) is 11.6 Å². The highest BCUT2D eigenvalue weighted by Crippen LogP contribution is 2.51. The van der Waals surface area contributed by atoms with Gasteiger partial charge in [-0.1, -0.05) is 17.7 Å². The number of amidine groups is 1. The third-order valence-corrected chi connectivity index (χ3v) is 6.01. The number of nitrogens with zero attached hydrogens (tertiary/aromatic N) is 3. The highest BCUT2D eigenvalue weighted by Gasteiger charge is 2.45. The maximum Gasteiger partial charge on any atom is 0.283 e. The molecule has 7 nitrogen and oxygen atoms in total. The highest BCUT2D eigenvalue weighted by atomic mass is 79.9. The standard InChI is InChI=1S/C22H16BrClN4O3/c23-13-9-16-20(27-10-13)31-19-4-1-12(8-18(29)17-3-2-14(24)11-26-17)7-15(19)22(16)5-6-30-21(25)28-22/h1-4,7,9-11H,5-6,8H2,(H2,25,28)/t22-/m0/s1. The smallest absolute Gasteiger partial charge is 0.283 e. The van der Waals surface area contributed by atoms with Crippen LogP contribution in [0.3, 0.4) is 0 Å². The van der Waals surface area contributed by atoms with Gasteiger partial charge in [0.15, 0.2) is 5.78 Å². The Hall–Kier alpha value is -2.97. The molecule has 3 aromatic rings. The summed E-state index contributed by atoms with van der Waals surface area (Å²) < 4.78 is 12.3. The first-order chi connectivity index (χ1) is 14.9. The zero-order valence-corrected chi connectivity index (χ0v) is 18.5. The highest BCUT2D eigenvalue weighted by molar-refractivity contribution is 9.10. The summed E-state index contributed by atoms with van der Waals surface area (Å²) in [5.41, 5.74) is 7.97. The number of aliphatic imine (C=N–C) groups is 1. The predicted molar refractivity (Wildman–Crippen MR) is 119 cm³/mol. The minimum atomic E-state index is -0.806. The van der Waals surface area contributed by atoms with E-state index in [2.05, 4.69) is 25.9 Å². The molecule has 0 unspecified atom stereocenters. The van der Waals surface area contributed by atoms with Gasteiger partial charge in [-0.15, -0.1) is 0 Å². The number of rotatable bonds is 3. The maximum absolute atomic E-state index is 12.7. The summed E-state index contributed by atoms with van der Waals surface area (Å²) in [6.07, 6.45) is 3.88. The van der Waals surface area contributed by atoms with E-state index in [0.717, 1.165) is 21.2 Å². The van der Waals surface area contributed by atoms with E-state index in [1.807, 2.05) is 24.3 Å². The summed E-state index contributed by atoms with van der Waals surface area (Å²) in [6.45, 7) is 0.401. The van der Waals surface area contributed by atoms with Crippen molar-refractivity contribution in [3.63, 3.8) is 0 Å². The van der Waals surface area contributed by atoms with Crippen molar-refractivity contribution >= 4 is 39.3 Å². The van der Waals surface area contributed by atoms with Crippen molar-refractivity contribution in [1.29, 1.82) is 0 Å². The number of benzene rings is 1. The van der Waals surface area contributed by atoms with Crippen molar-refractivity contribution in [1.82, 2.24) is 9.97 Å². The van der Waals surface area contributed by atoms with Crippen molar-refractivity contribution in [2.45, 2.75) is 18.4 Å². The summed E-state index contributed by atoms with van der Waals surface area (Å²) >= 11 is 9.36. The van der Waals surface area contributed by atoms with Crippen LogP contribution in [0.2, 0.25) is 5.02 Å². The number of carbonyl (C=O) groups excluding carboxylic acids is 1. The quantitative estimate of drug-likeness (QED) is 0.536. The fourth-order valence-electron chi connectivity index (χ4n) is 3.94. The molecule has 2 aliphatic rings. The van der Waals surface area contributed by atoms with Gasteiger partial charge in [0.25, 0.3) is 6.02 Å². The van der Waals surface area contributed by atoms with Crippen LogP contribution in [0, 0.1) is 0 Å². The Morgan fingerprint density at radius 3 is 2.81 bits per heavy atom. The van der Waals surface area contributed by atoms with E-state index in [9.17, 15) is 4.79 Å². The zero-order chi connectivity index (χ0) is 21.6. The number of ketones is 1. The second-order valence-electron chi connectivity index (χ2n) is 7.31. The first-order valence-corrected chi connectivity index (χ1v) is 10.7. The van der Waals surface area contributed by atoms with Gasteiger partial charge in [-0.05, 0) is 51.8 Å². The number of pyridine rings is 2. The van der Waals surface area contributed by atoms with E-state index < -0.39 is 5.54 Å². The van der Waals surface area contributed by atoms with Crippen LogP contribution < -0.4 is 10.5 Å². The van der Waals surface area contributed by atoms with Gasteiger partial charge in [0, 0.05) is 40.8 Å². The largest absolute Gasteiger partial charge is 0.465 e. The average molecular weight is 500 g/mol. The molecular formula is C22H16BrClN4O3. The summed E-state index contributed by atoms with van der Waals surface area (Å²) in [7, 11) is 0. The van der Waals surface area contributed by atoms with Crippen molar-refractivity contribution in [3.8, 4) is 11.6 Å². The van der Waals surface area contributed by atoms with Crippen molar-refractivity contribution < 1.29 is 14.3 Å². The van der Waals surface area contributed by atoms with Gasteiger partial charge in [-0.3, -0.25) is 9.78 Å². The van der Waals surface area contributed by atoms with Gasteiger partial charge in [0.05, 0.1) is 11.6 Å². The molecule has 0 saturated heterocycles. The van der Waals surface area contributed by atoms with Gasteiger partial charge in [0.2, 0.25) is 5.88 Å². The normalized spacial score (nSPS) is 19.0. The van der Waals surface area contributed by atoms with Gasteiger partial charge >= 0.3 is 0 Å². The van der Waals surface area contributed by atoms with Gasteiger partial charge in [-0.2, -0.15) is 0 Å². The number of Topliss-reactive ketones (excluding diaryl/α,β-unsaturated/α-hetero) is 1. The maximum atomic E-state index is 12.7. The van der Waals surface area contributed by atoms with Crippen molar-refractivity contribution in [2.75, 3.05) is 6.61 Å². The third kappa shape index (κ3) is 3.55. The average Bonchev–Trinajstić information content (AvgIpc) is 2.75. The van der Waals surface area contributed by atoms with Crippen LogP contribution >= 0.6 is 27.5 Å². The van der Waals surface area contributed by atoms with Crippen LogP contribution in [-0.4, -0.2) is 28.4 Å². The predicted octanol–water partition coefficient (Wildman–Crippen LogP) is 4.40. The zero-order valence-electron chi connectivity index (χ0n) is 16.1. The minimum Gasteiger partial charge on any atom is -0.465 e. The molecule has 1 spiro atoms. The lowest BCUT2D eigenvalue weighted by molar-refractivity contribution is 0.0988. The molecule has 2 aliphatic heterocycles. The molecule has 0 aliphatic carbocycles. The summed E-state index contributed by atoms with van der Waals surface area (Å²) in [4.78, 5) is 26.0. The van der Waals surface area contributed by atoms with E-state index >= 15 is 0 Å². The van der Waals surface area contributed by atoms with E-state index in [0.29, 0.717) is 35.4 Å². The lowest BCUT2D eigenvalue weighted by atomic mass is 9.78. The third-order valence-electron chi connectivity index (χ3n) is 5.35. The lowest BCUT2D eigenvalue weighted by Gasteiger charge is -2.38. The number of hydrogen-bond donors (Lipinski definition) is 1. The minimum absolute atomic E-state index is 0.108. The molecule has 9 heteroatoms. The molecule has 2 N–H and O–H groups in total. The Kier molecular flexibility index (Phi) is 4.91. The summed E-state index contributed by atoms with van der Waals surface area (Å²) in [6, 6.07) is 10.9. The summed E-state index contributed by atoms with van der Waals surface area (Å²) in [5.74, 6) is 0.993. The fourth-order valence-corrected chi connectivity index (χ4v) is 4.38. The number of fused-ring (bicyclic) bond motifs is 4. The van der Waals surface area contributed by atoms with E-state index in [1.165, 1.54) is 6.20 Å². The Morgan fingerprint density at radius 2 is 2.03 bits per heavy atom. The number of carbonyl (C=O) groups is 1. The van der Waals surface area contributed by atoms with Crippen LogP contribution in [0.4, 0.5) is 0 Å². The molecule has 4 heterocycles. The summed E-state index contributed by atoms with van der Waals surface area (Å²) in [5, 5.41) is 0.484. The fraction of sp³-hybridized carbons (Fsp3) is 0.182. The monoisotopic (exact) mass is 498 g/mol. The number of halogens is 2. The molecule has 31 heavy (non-hydrogen) atoms. The van der Waals surface area contributed by atoms with Crippen LogP contribution in [0.25, 0.3) is 0 Å². The Labute approximate surface area is 191 Å². The Morgan fingerprint density at radius 1 is 1.16 bits per heavy atom. The topological polar surface area (TPSA) is 99.7 Å². The molecule has 0 radical (unpaired) electrons. The molecular weight excluding hydrogens is 484 g/mol. The molecule has 0 fully saturated rings.